The van der Waals surface area contributed by atoms with E-state index in [0.29, 0.717) is 40.9 Å². The number of aliphatic hydroxyl groups excluding tert-OH is 1. The van der Waals surface area contributed by atoms with Crippen LogP contribution < -0.4 is 24.8 Å². The summed E-state index contributed by atoms with van der Waals surface area (Å²) in [7, 11) is 0. The lowest BCUT2D eigenvalue weighted by Crippen LogP contribution is -2.42. The summed E-state index contributed by atoms with van der Waals surface area (Å²) < 4.78 is 18.2. The van der Waals surface area contributed by atoms with Crippen LogP contribution in [0.2, 0.25) is 0 Å². The topological polar surface area (TPSA) is 140 Å². The maximum Gasteiger partial charge on any atom is 0.262 e. The first kappa shape index (κ1) is 26.5. The Balaban J connectivity index is 0.00000320. The predicted molar refractivity (Wildman–Crippen MR) is 137 cm³/mol. The van der Waals surface area contributed by atoms with Crippen LogP contribution in [0.4, 0.5) is 5.69 Å². The van der Waals surface area contributed by atoms with Crippen LogP contribution in [0.1, 0.15) is 37.8 Å². The third-order valence-electron chi connectivity index (χ3n) is 6.29. The van der Waals surface area contributed by atoms with E-state index in [1.165, 1.54) is 12.1 Å². The van der Waals surface area contributed by atoms with Gasteiger partial charge in [-0.2, -0.15) is 5.10 Å². The minimum atomic E-state index is -0.953. The van der Waals surface area contributed by atoms with Crippen molar-refractivity contribution < 1.29 is 29.2 Å². The van der Waals surface area contributed by atoms with Gasteiger partial charge in [-0.15, -0.1) is 12.4 Å². The number of hydrogen-bond acceptors (Lipinski definition) is 9. The number of amides is 1. The first-order valence-corrected chi connectivity index (χ1v) is 11.7. The number of rotatable bonds is 8. The lowest BCUT2D eigenvalue weighted by Gasteiger charge is -2.29. The third-order valence-corrected chi connectivity index (χ3v) is 6.29. The van der Waals surface area contributed by atoms with E-state index in [9.17, 15) is 15.0 Å². The number of nitrogens with one attached hydrogen (secondary N) is 2. The second-order valence-electron chi connectivity index (χ2n) is 9.55. The number of phenols is 1. The van der Waals surface area contributed by atoms with Crippen LogP contribution >= 0.6 is 12.4 Å². The molecule has 3 heterocycles. The van der Waals surface area contributed by atoms with Crippen LogP contribution in [0.3, 0.4) is 0 Å². The molecule has 2 aliphatic heterocycles. The summed E-state index contributed by atoms with van der Waals surface area (Å²) in [5.41, 5.74) is 1.27. The molecule has 0 aliphatic carbocycles. The molecule has 198 valence electrons. The first-order valence-electron chi connectivity index (χ1n) is 11.7. The largest absolute Gasteiger partial charge is 0.508 e. The van der Waals surface area contributed by atoms with Gasteiger partial charge in [-0.25, -0.2) is 9.67 Å². The maximum atomic E-state index is 11.6. The molecule has 0 saturated heterocycles. The number of β-amino-alcohol motifs (C(OH)–C–C–N with tert-alkyl or cyclic N) is 1. The van der Waals surface area contributed by atoms with E-state index in [4.69, 9.17) is 14.2 Å². The van der Waals surface area contributed by atoms with E-state index in [2.05, 4.69) is 20.7 Å². The standard InChI is InChI=1S/C25H29N5O6.ClH/c1-14-27-24(15-4-5-20-21(8-15)36-13-35-20)29-30(14)7-6-25(2,3)26-11-19(32)17-9-16(31)10-18-23(17)34-12-22(33)28-18;/h4-5,8-10,19,26,31-32H,6-7,11-13H2,1-3H3,(H,28,33);1H. The number of hydrogen-bond donors (Lipinski definition) is 4. The molecule has 0 radical (unpaired) electrons. The normalized spacial score (nSPS) is 14.9. The predicted octanol–water partition coefficient (Wildman–Crippen LogP) is 2.93. The van der Waals surface area contributed by atoms with E-state index in [1.54, 1.807) is 0 Å². The molecule has 0 saturated carbocycles. The average Bonchev–Trinajstić information content (AvgIpc) is 3.46. The molecule has 1 unspecified atom stereocenters. The first-order chi connectivity index (χ1) is 17.2. The zero-order chi connectivity index (χ0) is 25.4. The molecule has 1 aromatic heterocycles. The van der Waals surface area contributed by atoms with Crippen molar-refractivity contribution in [1.82, 2.24) is 20.1 Å². The Morgan fingerprint density at radius 2 is 1.97 bits per heavy atom. The van der Waals surface area contributed by atoms with Crippen LogP contribution in [0, 0.1) is 6.92 Å². The number of aryl methyl sites for hydroxylation is 2. The van der Waals surface area contributed by atoms with Gasteiger partial charge in [-0.3, -0.25) is 4.79 Å². The average molecular weight is 532 g/mol. The van der Waals surface area contributed by atoms with Crippen LogP contribution in [-0.2, 0) is 11.3 Å². The van der Waals surface area contributed by atoms with E-state index >= 15 is 0 Å². The Morgan fingerprint density at radius 3 is 2.78 bits per heavy atom. The fraction of sp³-hybridized carbons (Fsp3) is 0.400. The van der Waals surface area contributed by atoms with Gasteiger partial charge in [0.25, 0.3) is 5.91 Å². The molecule has 5 rings (SSSR count). The molecule has 2 aliphatic rings. The summed E-state index contributed by atoms with van der Waals surface area (Å²) >= 11 is 0. The van der Waals surface area contributed by atoms with Gasteiger partial charge in [0.1, 0.15) is 17.3 Å². The Hall–Kier alpha value is -3.54. The molecule has 4 N–H and O–H groups in total. The van der Waals surface area contributed by atoms with Gasteiger partial charge in [-0.05, 0) is 51.5 Å². The van der Waals surface area contributed by atoms with Crippen molar-refractivity contribution in [1.29, 1.82) is 0 Å². The van der Waals surface area contributed by atoms with Gasteiger partial charge >= 0.3 is 0 Å². The van der Waals surface area contributed by atoms with Crippen molar-refractivity contribution in [3.63, 3.8) is 0 Å². The molecule has 11 nitrogen and oxygen atoms in total. The van der Waals surface area contributed by atoms with Crippen molar-refractivity contribution in [2.45, 2.75) is 45.4 Å². The number of anilines is 1. The number of fused-ring (bicyclic) bond motifs is 2. The highest BCUT2D eigenvalue weighted by Crippen LogP contribution is 2.39. The number of nitrogens with zero attached hydrogens (tertiary/aromatic N) is 3. The molecule has 37 heavy (non-hydrogen) atoms. The Morgan fingerprint density at radius 1 is 1.19 bits per heavy atom. The minimum absolute atomic E-state index is 0. The zero-order valence-corrected chi connectivity index (χ0v) is 21.6. The van der Waals surface area contributed by atoms with E-state index in [1.807, 2.05) is 43.7 Å². The van der Waals surface area contributed by atoms with E-state index in [0.717, 1.165) is 17.8 Å². The summed E-state index contributed by atoms with van der Waals surface area (Å²) in [5.74, 6) is 2.81. The minimum Gasteiger partial charge on any atom is -0.508 e. The number of aliphatic hydroxyl groups is 1. The second-order valence-corrected chi connectivity index (χ2v) is 9.55. The van der Waals surface area contributed by atoms with Gasteiger partial charge < -0.3 is 35.1 Å². The Bertz CT molecular complexity index is 1310. The summed E-state index contributed by atoms with van der Waals surface area (Å²) in [6, 6.07) is 8.50. The zero-order valence-electron chi connectivity index (χ0n) is 20.8. The maximum absolute atomic E-state index is 11.6. The second kappa shape index (κ2) is 10.4. The van der Waals surface area contributed by atoms with Gasteiger partial charge in [0.2, 0.25) is 6.79 Å². The fourth-order valence-corrected chi connectivity index (χ4v) is 4.21. The number of ether oxygens (including phenoxy) is 3. The van der Waals surface area contributed by atoms with Crippen molar-refractivity contribution in [3.05, 3.63) is 41.7 Å². The molecule has 12 heteroatoms. The van der Waals surface area contributed by atoms with Gasteiger partial charge in [0.05, 0.1) is 11.8 Å². The number of aromatic nitrogens is 3. The van der Waals surface area contributed by atoms with Crippen molar-refractivity contribution in [2.75, 3.05) is 25.3 Å². The highest BCUT2D eigenvalue weighted by atomic mass is 35.5. The lowest BCUT2D eigenvalue weighted by molar-refractivity contribution is -0.118. The molecule has 2 aromatic carbocycles. The summed E-state index contributed by atoms with van der Waals surface area (Å²) in [6.07, 6.45) is -0.235. The molecule has 1 amide bonds. The van der Waals surface area contributed by atoms with Crippen molar-refractivity contribution in [3.8, 4) is 34.4 Å². The third kappa shape index (κ3) is 5.74. The number of benzene rings is 2. The molecule has 3 aromatic rings. The number of carbonyl (C=O) groups excluding carboxylic acids is 1. The van der Waals surface area contributed by atoms with Crippen molar-refractivity contribution >= 4 is 24.0 Å². The SMILES string of the molecule is Cc1nc(-c2ccc3c(c2)OCO3)nn1CCC(C)(C)NCC(O)c1cc(O)cc2c1OCC(=O)N2.Cl. The highest BCUT2D eigenvalue weighted by Gasteiger charge is 2.26. The molecular weight excluding hydrogens is 502 g/mol. The number of aromatic hydroxyl groups is 1. The number of phenolic OH excluding ortho intramolecular Hbond substituents is 1. The van der Waals surface area contributed by atoms with Crippen LogP contribution in [0.5, 0.6) is 23.0 Å². The highest BCUT2D eigenvalue weighted by molar-refractivity contribution is 5.96. The molecular formula is C25H30ClN5O6. The van der Waals surface area contributed by atoms with Gasteiger partial charge in [0.15, 0.2) is 23.9 Å². The Labute approximate surface area is 220 Å². The Kier molecular flexibility index (Phi) is 7.49. The van der Waals surface area contributed by atoms with Gasteiger partial charge in [-0.1, -0.05) is 0 Å². The van der Waals surface area contributed by atoms with Crippen molar-refractivity contribution in [2.24, 2.45) is 0 Å². The van der Waals surface area contributed by atoms with E-state index in [-0.39, 0.29) is 49.5 Å². The molecule has 1 atom stereocenters. The van der Waals surface area contributed by atoms with Crippen LogP contribution in [-0.4, -0.2) is 56.4 Å². The smallest absolute Gasteiger partial charge is 0.262 e. The number of halogens is 1. The van der Waals surface area contributed by atoms with Crippen LogP contribution in [0.15, 0.2) is 30.3 Å². The van der Waals surface area contributed by atoms with E-state index < -0.39 is 6.10 Å². The summed E-state index contributed by atoms with van der Waals surface area (Å²) in [5, 5.41) is 31.6. The number of carbonyl (C=O) groups is 1. The summed E-state index contributed by atoms with van der Waals surface area (Å²) in [6.45, 7) is 6.92. The molecule has 0 fully saturated rings. The quantitative estimate of drug-likeness (QED) is 0.345. The van der Waals surface area contributed by atoms with Gasteiger partial charge in [0, 0.05) is 35.8 Å². The molecule has 0 bridgehead atoms. The molecule has 0 spiro atoms. The lowest BCUT2D eigenvalue weighted by atomic mass is 9.99. The monoisotopic (exact) mass is 531 g/mol. The fourth-order valence-electron chi connectivity index (χ4n) is 4.21. The van der Waals surface area contributed by atoms with Crippen LogP contribution in [0.25, 0.3) is 11.4 Å². The summed E-state index contributed by atoms with van der Waals surface area (Å²) in [4.78, 5) is 16.2.